The largest absolute Gasteiger partial charge is 0.403 e. The average molecular weight is 368 g/mol. The van der Waals surface area contributed by atoms with Gasteiger partial charge in [0.2, 0.25) is 5.89 Å². The van der Waals surface area contributed by atoms with Gasteiger partial charge >= 0.3 is 5.63 Å². The Morgan fingerprint density at radius 1 is 0.679 bits per heavy atom. The van der Waals surface area contributed by atoms with E-state index in [1.807, 2.05) is 0 Å². The molecular formula is C22H12N2O4. The zero-order valence-electron chi connectivity index (χ0n) is 14.5. The van der Waals surface area contributed by atoms with Crippen LogP contribution in [-0.4, -0.2) is 16.8 Å². The third kappa shape index (κ3) is 2.28. The van der Waals surface area contributed by atoms with Crippen molar-refractivity contribution in [2.24, 2.45) is 0 Å². The molecule has 0 radical (unpaired) electrons. The van der Waals surface area contributed by atoms with Crippen LogP contribution in [0.15, 0.2) is 82.0 Å². The first kappa shape index (κ1) is 16.1. The highest BCUT2D eigenvalue weighted by atomic mass is 16.4. The van der Waals surface area contributed by atoms with Gasteiger partial charge in [0.15, 0.2) is 0 Å². The van der Waals surface area contributed by atoms with Crippen molar-refractivity contribution in [3.05, 3.63) is 94.3 Å². The Kier molecular flexibility index (Phi) is 3.45. The molecule has 134 valence electrons. The minimum Gasteiger partial charge on any atom is -0.403 e. The first-order valence-corrected chi connectivity index (χ1v) is 8.62. The van der Waals surface area contributed by atoms with E-state index in [4.69, 9.17) is 4.42 Å². The number of anilines is 1. The molecule has 0 fully saturated rings. The van der Waals surface area contributed by atoms with E-state index in [2.05, 4.69) is 4.98 Å². The number of para-hydroxylation sites is 2. The van der Waals surface area contributed by atoms with Gasteiger partial charge in [0.05, 0.1) is 33.3 Å². The van der Waals surface area contributed by atoms with Gasteiger partial charge in [-0.15, -0.1) is 0 Å². The van der Waals surface area contributed by atoms with Gasteiger partial charge in [-0.2, -0.15) is 0 Å². The second-order valence-electron chi connectivity index (χ2n) is 6.33. The van der Waals surface area contributed by atoms with Gasteiger partial charge < -0.3 is 4.42 Å². The van der Waals surface area contributed by atoms with Gasteiger partial charge in [-0.05, 0) is 36.4 Å². The summed E-state index contributed by atoms with van der Waals surface area (Å²) in [4.78, 5) is 43.6. The second-order valence-corrected chi connectivity index (χ2v) is 6.33. The summed E-state index contributed by atoms with van der Waals surface area (Å²) >= 11 is 0. The maximum atomic E-state index is 12.9. The van der Waals surface area contributed by atoms with Crippen LogP contribution >= 0.6 is 0 Å². The molecule has 0 unspecified atom stereocenters. The van der Waals surface area contributed by atoms with Crippen molar-refractivity contribution in [1.82, 2.24) is 4.98 Å². The summed E-state index contributed by atoms with van der Waals surface area (Å²) in [5.74, 6) is -0.789. The highest BCUT2D eigenvalue weighted by Gasteiger charge is 2.37. The Balaban J connectivity index is 1.71. The molecule has 0 saturated heterocycles. The number of fused-ring (bicyclic) bond motifs is 2. The maximum absolute atomic E-state index is 12.9. The van der Waals surface area contributed by atoms with Crippen LogP contribution in [0.4, 0.5) is 5.69 Å². The number of carbonyl (C=O) groups excluding carboxylic acids is 2. The predicted molar refractivity (Wildman–Crippen MR) is 103 cm³/mol. The topological polar surface area (TPSA) is 80.5 Å². The quantitative estimate of drug-likeness (QED) is 0.505. The van der Waals surface area contributed by atoms with E-state index in [1.165, 1.54) is 0 Å². The Morgan fingerprint density at radius 3 is 1.96 bits per heavy atom. The lowest BCUT2D eigenvalue weighted by Crippen LogP contribution is -2.30. The monoisotopic (exact) mass is 368 g/mol. The van der Waals surface area contributed by atoms with E-state index in [0.29, 0.717) is 33.3 Å². The van der Waals surface area contributed by atoms with Gasteiger partial charge in [-0.25, -0.2) is 14.7 Å². The zero-order chi connectivity index (χ0) is 19.3. The molecule has 1 aromatic heterocycles. The molecule has 5 rings (SSSR count). The molecule has 2 amide bonds. The van der Waals surface area contributed by atoms with Crippen LogP contribution in [-0.2, 0) is 0 Å². The highest BCUT2D eigenvalue weighted by Crippen LogP contribution is 2.35. The number of benzene rings is 3. The molecule has 4 aromatic rings. The number of rotatable bonds is 2. The molecule has 6 nitrogen and oxygen atoms in total. The summed E-state index contributed by atoms with van der Waals surface area (Å²) in [5, 5.41) is 0.365. The van der Waals surface area contributed by atoms with Crippen LogP contribution in [0.25, 0.3) is 22.4 Å². The van der Waals surface area contributed by atoms with Gasteiger partial charge in [0.25, 0.3) is 11.8 Å². The molecule has 0 atom stereocenters. The Morgan fingerprint density at radius 2 is 1.25 bits per heavy atom. The third-order valence-electron chi connectivity index (χ3n) is 4.70. The summed E-state index contributed by atoms with van der Waals surface area (Å²) in [6, 6.07) is 20.2. The molecular weight excluding hydrogens is 356 g/mol. The first-order chi connectivity index (χ1) is 13.6. The smallest absolute Gasteiger partial charge is 0.347 e. The number of nitrogens with zero attached hydrogens (tertiary/aromatic N) is 2. The fourth-order valence-electron chi connectivity index (χ4n) is 3.39. The van der Waals surface area contributed by atoms with Gasteiger partial charge in [-0.1, -0.05) is 36.4 Å². The van der Waals surface area contributed by atoms with Crippen molar-refractivity contribution in [3.63, 3.8) is 0 Å². The number of amides is 2. The molecule has 2 heterocycles. The summed E-state index contributed by atoms with van der Waals surface area (Å²) in [6.07, 6.45) is 0. The second kappa shape index (κ2) is 5.99. The van der Waals surface area contributed by atoms with Gasteiger partial charge in [0.1, 0.15) is 0 Å². The van der Waals surface area contributed by atoms with E-state index in [-0.39, 0.29) is 5.89 Å². The zero-order valence-corrected chi connectivity index (χ0v) is 14.5. The van der Waals surface area contributed by atoms with E-state index >= 15 is 0 Å². The van der Waals surface area contributed by atoms with Crippen LogP contribution in [0.1, 0.15) is 20.7 Å². The van der Waals surface area contributed by atoms with E-state index in [1.54, 1.807) is 72.8 Å². The Labute approximate surface area is 158 Å². The highest BCUT2D eigenvalue weighted by molar-refractivity contribution is 6.35. The number of hydrogen-bond acceptors (Lipinski definition) is 5. The van der Waals surface area contributed by atoms with Crippen LogP contribution < -0.4 is 10.5 Å². The van der Waals surface area contributed by atoms with Gasteiger partial charge in [-0.3, -0.25) is 9.59 Å². The maximum Gasteiger partial charge on any atom is 0.347 e. The summed E-state index contributed by atoms with van der Waals surface area (Å²) in [6.45, 7) is 0. The molecule has 0 aliphatic carbocycles. The summed E-state index contributed by atoms with van der Waals surface area (Å²) < 4.78 is 5.41. The minimum atomic E-state index is -0.530. The van der Waals surface area contributed by atoms with Crippen molar-refractivity contribution in [3.8, 4) is 11.5 Å². The standard InChI is InChI=1S/C22H12N2O4/c25-20-13-7-1-2-8-14(13)21(26)24(20)18-12-6-4-10-16(18)19-23-17-11-5-3-9-15(17)22(27)28-19/h1-12H. The lowest BCUT2D eigenvalue weighted by Gasteiger charge is -2.17. The third-order valence-corrected chi connectivity index (χ3v) is 4.70. The number of aromatic nitrogens is 1. The fraction of sp³-hybridized carbons (Fsp3) is 0. The van der Waals surface area contributed by atoms with Crippen molar-refractivity contribution in [2.75, 3.05) is 4.90 Å². The van der Waals surface area contributed by atoms with Crippen molar-refractivity contribution in [2.45, 2.75) is 0 Å². The molecule has 1 aliphatic rings. The molecule has 0 saturated carbocycles. The summed E-state index contributed by atoms with van der Waals surface area (Å²) in [7, 11) is 0. The number of imide groups is 1. The van der Waals surface area contributed by atoms with Crippen molar-refractivity contribution < 1.29 is 14.0 Å². The molecule has 0 bridgehead atoms. The lowest BCUT2D eigenvalue weighted by atomic mass is 10.1. The van der Waals surface area contributed by atoms with E-state index in [9.17, 15) is 14.4 Å². The summed E-state index contributed by atoms with van der Waals surface area (Å²) in [5.41, 5.74) is 1.34. The SMILES string of the molecule is O=C1c2ccccc2C(=O)N1c1ccccc1-c1nc2ccccc2c(=O)o1. The molecule has 3 aromatic carbocycles. The normalized spacial score (nSPS) is 13.2. The number of hydrogen-bond donors (Lipinski definition) is 0. The Bertz CT molecular complexity index is 1300. The first-order valence-electron chi connectivity index (χ1n) is 8.62. The van der Waals surface area contributed by atoms with E-state index < -0.39 is 17.4 Å². The Hall–Kier alpha value is -4.06. The predicted octanol–water partition coefficient (Wildman–Crippen LogP) is 3.66. The molecule has 0 spiro atoms. The molecule has 6 heteroatoms. The fourth-order valence-corrected chi connectivity index (χ4v) is 3.39. The average Bonchev–Trinajstić information content (AvgIpc) is 2.98. The lowest BCUT2D eigenvalue weighted by molar-refractivity contribution is 0.0926. The molecule has 1 aliphatic heterocycles. The minimum absolute atomic E-state index is 0.0517. The van der Waals surface area contributed by atoms with E-state index in [0.717, 1.165) is 4.90 Å². The molecule has 0 N–H and O–H groups in total. The van der Waals surface area contributed by atoms with Crippen molar-refractivity contribution >= 4 is 28.4 Å². The van der Waals surface area contributed by atoms with Crippen LogP contribution in [0.2, 0.25) is 0 Å². The van der Waals surface area contributed by atoms with Crippen LogP contribution in [0, 0.1) is 0 Å². The number of carbonyl (C=O) groups is 2. The molecule has 28 heavy (non-hydrogen) atoms. The van der Waals surface area contributed by atoms with Crippen LogP contribution in [0.3, 0.4) is 0 Å². The van der Waals surface area contributed by atoms with Crippen LogP contribution in [0.5, 0.6) is 0 Å². The van der Waals surface area contributed by atoms with Gasteiger partial charge in [0, 0.05) is 0 Å². The van der Waals surface area contributed by atoms with Crippen molar-refractivity contribution in [1.29, 1.82) is 0 Å².